The van der Waals surface area contributed by atoms with E-state index in [2.05, 4.69) is 10.3 Å². The number of ether oxygens (including phenoxy) is 2. The van der Waals surface area contributed by atoms with Crippen molar-refractivity contribution < 1.29 is 14.3 Å². The average molecular weight is 306 g/mol. The van der Waals surface area contributed by atoms with Crippen LogP contribution in [0.1, 0.15) is 45.7 Å². The van der Waals surface area contributed by atoms with Gasteiger partial charge in [-0.05, 0) is 52.0 Å². The molecule has 1 aliphatic rings. The van der Waals surface area contributed by atoms with Gasteiger partial charge < -0.3 is 14.8 Å². The van der Waals surface area contributed by atoms with Gasteiger partial charge in [-0.1, -0.05) is 6.92 Å². The zero-order valence-corrected chi connectivity index (χ0v) is 13.9. The van der Waals surface area contributed by atoms with Gasteiger partial charge in [-0.15, -0.1) is 0 Å². The first kappa shape index (κ1) is 16.7. The van der Waals surface area contributed by atoms with Gasteiger partial charge in [0.2, 0.25) is 5.88 Å². The van der Waals surface area contributed by atoms with Crippen LogP contribution in [0.25, 0.3) is 0 Å². The van der Waals surface area contributed by atoms with E-state index in [1.54, 1.807) is 6.07 Å². The highest BCUT2D eigenvalue weighted by Gasteiger charge is 2.48. The fraction of sp³-hybridized carbons (Fsp3) is 0.647. The van der Waals surface area contributed by atoms with Gasteiger partial charge in [0, 0.05) is 12.7 Å². The van der Waals surface area contributed by atoms with Crippen molar-refractivity contribution in [3.05, 3.63) is 17.8 Å². The van der Waals surface area contributed by atoms with Gasteiger partial charge in [0.05, 0.1) is 18.0 Å². The summed E-state index contributed by atoms with van der Waals surface area (Å²) in [7, 11) is 0. The van der Waals surface area contributed by atoms with Crippen LogP contribution in [0, 0.1) is 12.8 Å². The van der Waals surface area contributed by atoms with Crippen molar-refractivity contribution in [1.29, 1.82) is 0 Å². The minimum Gasteiger partial charge on any atom is -0.478 e. The Morgan fingerprint density at radius 3 is 2.68 bits per heavy atom. The molecular weight excluding hydrogens is 280 g/mol. The van der Waals surface area contributed by atoms with Crippen LogP contribution in [-0.4, -0.2) is 29.7 Å². The van der Waals surface area contributed by atoms with Gasteiger partial charge in [0.25, 0.3) is 5.91 Å². The molecule has 1 unspecified atom stereocenters. The third-order valence-electron chi connectivity index (χ3n) is 4.01. The molecule has 0 aliphatic heterocycles. The summed E-state index contributed by atoms with van der Waals surface area (Å²) in [5.41, 5.74) is 0.704. The fourth-order valence-corrected chi connectivity index (χ4v) is 2.51. The third-order valence-corrected chi connectivity index (χ3v) is 4.01. The lowest BCUT2D eigenvalue weighted by Crippen LogP contribution is -2.45. The van der Waals surface area contributed by atoms with E-state index >= 15 is 0 Å². The first-order chi connectivity index (χ1) is 10.5. The molecule has 2 rings (SSSR count). The summed E-state index contributed by atoms with van der Waals surface area (Å²) in [5, 5.41) is 2.96. The van der Waals surface area contributed by atoms with Gasteiger partial charge in [-0.2, -0.15) is 0 Å². The lowest BCUT2D eigenvalue weighted by molar-refractivity contribution is -0.141. The minimum absolute atomic E-state index is 0.0935. The van der Waals surface area contributed by atoms with Gasteiger partial charge in [0.1, 0.15) is 5.60 Å². The number of pyridine rings is 1. The van der Waals surface area contributed by atoms with Crippen molar-refractivity contribution in [2.24, 2.45) is 5.92 Å². The molecule has 22 heavy (non-hydrogen) atoms. The van der Waals surface area contributed by atoms with Crippen LogP contribution in [0.15, 0.2) is 12.1 Å². The maximum Gasteiger partial charge on any atom is 0.256 e. The Labute approximate surface area is 132 Å². The number of aromatic nitrogens is 1. The maximum atomic E-state index is 12.6. The molecule has 1 aromatic rings. The summed E-state index contributed by atoms with van der Waals surface area (Å²) in [6.45, 7) is 8.88. The van der Waals surface area contributed by atoms with Crippen molar-refractivity contribution in [2.75, 3.05) is 18.5 Å². The predicted molar refractivity (Wildman–Crippen MR) is 86.1 cm³/mol. The molecule has 122 valence electrons. The van der Waals surface area contributed by atoms with Crippen LogP contribution in [-0.2, 0) is 9.53 Å². The molecule has 0 bridgehead atoms. The molecule has 1 saturated carbocycles. The Morgan fingerprint density at radius 1 is 1.41 bits per heavy atom. The number of carbonyl (C=O) groups is 1. The van der Waals surface area contributed by atoms with Crippen LogP contribution in [0.4, 0.5) is 5.69 Å². The average Bonchev–Trinajstić information content (AvgIpc) is 3.32. The summed E-state index contributed by atoms with van der Waals surface area (Å²) in [5.74, 6) is 0.809. The molecule has 5 heteroatoms. The van der Waals surface area contributed by atoms with E-state index in [-0.39, 0.29) is 5.91 Å². The minimum atomic E-state index is -0.751. The zero-order valence-electron chi connectivity index (χ0n) is 13.9. The van der Waals surface area contributed by atoms with Gasteiger partial charge in [-0.3, -0.25) is 4.79 Å². The summed E-state index contributed by atoms with van der Waals surface area (Å²) in [6.07, 6.45) is 3.03. The van der Waals surface area contributed by atoms with E-state index in [0.29, 0.717) is 30.7 Å². The monoisotopic (exact) mass is 306 g/mol. The smallest absolute Gasteiger partial charge is 0.256 e. The largest absolute Gasteiger partial charge is 0.478 e. The molecule has 1 aromatic heterocycles. The number of hydrogen-bond acceptors (Lipinski definition) is 4. The second-order valence-electron chi connectivity index (χ2n) is 5.90. The van der Waals surface area contributed by atoms with Crippen LogP contribution in [0.3, 0.4) is 0 Å². The number of carbonyl (C=O) groups excluding carboxylic acids is 1. The molecule has 0 aromatic carbocycles. The third kappa shape index (κ3) is 3.77. The Hall–Kier alpha value is -1.62. The highest BCUT2D eigenvalue weighted by molar-refractivity contribution is 5.98. The fourth-order valence-electron chi connectivity index (χ4n) is 2.51. The Morgan fingerprint density at radius 2 is 2.14 bits per heavy atom. The summed E-state index contributed by atoms with van der Waals surface area (Å²) in [4.78, 5) is 17.0. The van der Waals surface area contributed by atoms with E-state index in [1.807, 2.05) is 33.8 Å². The number of amides is 1. The van der Waals surface area contributed by atoms with Crippen LogP contribution < -0.4 is 10.1 Å². The van der Waals surface area contributed by atoms with Crippen LogP contribution in [0.2, 0.25) is 0 Å². The van der Waals surface area contributed by atoms with Crippen molar-refractivity contribution in [2.45, 2.75) is 52.6 Å². The molecule has 5 nitrogen and oxygen atoms in total. The van der Waals surface area contributed by atoms with E-state index < -0.39 is 5.60 Å². The normalized spacial score (nSPS) is 16.9. The molecule has 1 N–H and O–H groups in total. The standard InChI is InChI=1S/C17H26N2O3/c1-5-11-21-15-10-9-14(12(3)18-15)19-16(20)17(4,22-6-2)13-7-8-13/h9-10,13H,5-8,11H2,1-4H3,(H,19,20). The maximum absolute atomic E-state index is 12.6. The van der Waals surface area contributed by atoms with Crippen molar-refractivity contribution in [3.8, 4) is 5.88 Å². The lowest BCUT2D eigenvalue weighted by atomic mass is 9.98. The van der Waals surface area contributed by atoms with Crippen molar-refractivity contribution in [1.82, 2.24) is 4.98 Å². The molecule has 1 aliphatic carbocycles. The molecule has 0 radical (unpaired) electrons. The number of aryl methyl sites for hydroxylation is 1. The lowest BCUT2D eigenvalue weighted by Gasteiger charge is -2.28. The number of anilines is 1. The molecular formula is C17H26N2O3. The second-order valence-corrected chi connectivity index (χ2v) is 5.90. The number of nitrogens with one attached hydrogen (secondary N) is 1. The van der Waals surface area contributed by atoms with E-state index in [4.69, 9.17) is 9.47 Å². The van der Waals surface area contributed by atoms with E-state index in [1.165, 1.54) is 0 Å². The number of hydrogen-bond donors (Lipinski definition) is 1. The highest BCUT2D eigenvalue weighted by Crippen LogP contribution is 2.42. The van der Waals surface area contributed by atoms with Crippen LogP contribution in [0.5, 0.6) is 5.88 Å². The Balaban J connectivity index is 2.07. The number of rotatable bonds is 8. The SMILES string of the molecule is CCCOc1ccc(NC(=O)C(C)(OCC)C2CC2)c(C)n1. The van der Waals surface area contributed by atoms with Gasteiger partial charge in [-0.25, -0.2) is 4.98 Å². The van der Waals surface area contributed by atoms with E-state index in [9.17, 15) is 4.79 Å². The van der Waals surface area contributed by atoms with Crippen molar-refractivity contribution >= 4 is 11.6 Å². The Bertz CT molecular complexity index is 529. The molecule has 0 spiro atoms. The van der Waals surface area contributed by atoms with Crippen LogP contribution >= 0.6 is 0 Å². The molecule has 1 heterocycles. The second kappa shape index (κ2) is 7.09. The topological polar surface area (TPSA) is 60.5 Å². The summed E-state index contributed by atoms with van der Waals surface area (Å²) < 4.78 is 11.2. The predicted octanol–water partition coefficient (Wildman–Crippen LogP) is 3.32. The quantitative estimate of drug-likeness (QED) is 0.800. The first-order valence-electron chi connectivity index (χ1n) is 8.07. The number of nitrogens with zero attached hydrogens (tertiary/aromatic N) is 1. The first-order valence-corrected chi connectivity index (χ1v) is 8.07. The molecule has 0 saturated heterocycles. The summed E-state index contributed by atoms with van der Waals surface area (Å²) >= 11 is 0. The van der Waals surface area contributed by atoms with Gasteiger partial charge >= 0.3 is 0 Å². The highest BCUT2D eigenvalue weighted by atomic mass is 16.5. The summed E-state index contributed by atoms with van der Waals surface area (Å²) in [6, 6.07) is 3.62. The zero-order chi connectivity index (χ0) is 16.2. The van der Waals surface area contributed by atoms with Crippen molar-refractivity contribution in [3.63, 3.8) is 0 Å². The van der Waals surface area contributed by atoms with Gasteiger partial charge in [0.15, 0.2) is 0 Å². The Kier molecular flexibility index (Phi) is 5.40. The van der Waals surface area contributed by atoms with E-state index in [0.717, 1.165) is 25.0 Å². The molecule has 1 fully saturated rings. The molecule has 1 atom stereocenters. The molecule has 1 amide bonds.